The molecule has 5 heteroatoms. The molecule has 0 atom stereocenters. The van der Waals surface area contributed by atoms with Crippen molar-refractivity contribution in [3.63, 3.8) is 0 Å². The number of hydrogen-bond acceptors (Lipinski definition) is 3. The second-order valence-electron chi connectivity index (χ2n) is 6.35. The number of rotatable bonds is 8. The van der Waals surface area contributed by atoms with Gasteiger partial charge in [0.25, 0.3) is 0 Å². The third-order valence-electron chi connectivity index (χ3n) is 4.13. The van der Waals surface area contributed by atoms with E-state index in [-0.39, 0.29) is 17.9 Å². The third-order valence-corrected chi connectivity index (χ3v) is 4.13. The summed E-state index contributed by atoms with van der Waals surface area (Å²) in [6.07, 6.45) is 2.53. The fraction of sp³-hybridized carbons (Fsp3) is 0.300. The molecule has 1 saturated carbocycles. The maximum absolute atomic E-state index is 12.2. The molecular formula is C20H21NO4. The first-order chi connectivity index (χ1) is 12.1. The smallest absolute Gasteiger partial charge is 0.335 e. The van der Waals surface area contributed by atoms with E-state index < -0.39 is 5.97 Å². The fourth-order valence-corrected chi connectivity index (χ4v) is 2.63. The van der Waals surface area contributed by atoms with Gasteiger partial charge in [-0.25, -0.2) is 4.79 Å². The maximum atomic E-state index is 12.2. The lowest BCUT2D eigenvalue weighted by atomic mass is 10.0. The minimum atomic E-state index is -1.03. The lowest BCUT2D eigenvalue weighted by Gasteiger charge is -2.09. The number of amides is 1. The zero-order valence-corrected chi connectivity index (χ0v) is 13.9. The topological polar surface area (TPSA) is 75.6 Å². The van der Waals surface area contributed by atoms with Crippen LogP contribution in [0.15, 0.2) is 48.5 Å². The molecule has 0 saturated heterocycles. The Morgan fingerprint density at radius 1 is 1.12 bits per heavy atom. The average molecular weight is 339 g/mol. The van der Waals surface area contributed by atoms with Crippen LogP contribution in [0.1, 0.15) is 34.3 Å². The number of ether oxygens (including phenoxy) is 1. The molecule has 1 amide bonds. The van der Waals surface area contributed by atoms with Gasteiger partial charge >= 0.3 is 5.97 Å². The highest BCUT2D eigenvalue weighted by atomic mass is 16.5. The standard InChI is InChI=1S/C20H21NO4/c22-19(11-16-5-1-2-7-18(16)20(23)24)21-17-6-3-4-15(10-17)13-25-12-14-8-9-14/h1-7,10,14H,8-9,11-13H2,(H,21,22)(H,23,24). The Morgan fingerprint density at radius 3 is 2.68 bits per heavy atom. The Bertz CT molecular complexity index is 768. The van der Waals surface area contributed by atoms with Gasteiger partial charge < -0.3 is 15.2 Å². The van der Waals surface area contributed by atoms with E-state index in [0.29, 0.717) is 17.9 Å². The van der Waals surface area contributed by atoms with Crippen LogP contribution in [0, 0.1) is 5.92 Å². The summed E-state index contributed by atoms with van der Waals surface area (Å²) in [4.78, 5) is 23.5. The normalized spacial score (nSPS) is 13.4. The van der Waals surface area contributed by atoms with Gasteiger partial charge in [-0.3, -0.25) is 4.79 Å². The number of carbonyl (C=O) groups is 2. The quantitative estimate of drug-likeness (QED) is 0.772. The minimum Gasteiger partial charge on any atom is -0.478 e. The number of carbonyl (C=O) groups excluding carboxylic acids is 1. The van der Waals surface area contributed by atoms with Crippen molar-refractivity contribution in [2.24, 2.45) is 5.92 Å². The molecule has 5 nitrogen and oxygen atoms in total. The van der Waals surface area contributed by atoms with Crippen LogP contribution in [0.2, 0.25) is 0 Å². The lowest BCUT2D eigenvalue weighted by molar-refractivity contribution is -0.115. The Labute approximate surface area is 146 Å². The summed E-state index contributed by atoms with van der Waals surface area (Å²) in [5.41, 5.74) is 2.34. The van der Waals surface area contributed by atoms with Crippen LogP contribution in [0.5, 0.6) is 0 Å². The Morgan fingerprint density at radius 2 is 1.92 bits per heavy atom. The zero-order valence-electron chi connectivity index (χ0n) is 13.9. The van der Waals surface area contributed by atoms with Crippen molar-refractivity contribution in [3.05, 3.63) is 65.2 Å². The Balaban J connectivity index is 1.58. The predicted molar refractivity (Wildman–Crippen MR) is 94.6 cm³/mol. The molecule has 0 spiro atoms. The van der Waals surface area contributed by atoms with E-state index in [4.69, 9.17) is 4.74 Å². The second-order valence-corrected chi connectivity index (χ2v) is 6.35. The summed E-state index contributed by atoms with van der Waals surface area (Å²) in [5, 5.41) is 12.0. The zero-order chi connectivity index (χ0) is 17.6. The van der Waals surface area contributed by atoms with Crippen LogP contribution < -0.4 is 5.32 Å². The summed E-state index contributed by atoms with van der Waals surface area (Å²) in [7, 11) is 0. The first kappa shape index (κ1) is 17.2. The van der Waals surface area contributed by atoms with Crippen molar-refractivity contribution in [2.45, 2.75) is 25.9 Å². The Hall–Kier alpha value is -2.66. The molecule has 0 unspecified atom stereocenters. The number of hydrogen-bond donors (Lipinski definition) is 2. The molecule has 1 aliphatic rings. The second kappa shape index (κ2) is 7.94. The monoisotopic (exact) mass is 339 g/mol. The van der Waals surface area contributed by atoms with E-state index in [2.05, 4.69) is 5.32 Å². The highest BCUT2D eigenvalue weighted by molar-refractivity contribution is 5.96. The van der Waals surface area contributed by atoms with Crippen LogP contribution in [-0.2, 0) is 22.6 Å². The summed E-state index contributed by atoms with van der Waals surface area (Å²) < 4.78 is 5.66. The van der Waals surface area contributed by atoms with Crippen LogP contribution in [0.4, 0.5) is 5.69 Å². The molecule has 0 aliphatic heterocycles. The van der Waals surface area contributed by atoms with E-state index in [9.17, 15) is 14.7 Å². The summed E-state index contributed by atoms with van der Waals surface area (Å²) in [5.74, 6) is -0.555. The van der Waals surface area contributed by atoms with E-state index in [1.807, 2.05) is 24.3 Å². The number of benzene rings is 2. The van der Waals surface area contributed by atoms with Crippen molar-refractivity contribution in [3.8, 4) is 0 Å². The maximum Gasteiger partial charge on any atom is 0.335 e. The van der Waals surface area contributed by atoms with Crippen molar-refractivity contribution in [1.29, 1.82) is 0 Å². The molecule has 0 bridgehead atoms. The number of carboxylic acid groups (broad SMARTS) is 1. The highest BCUT2D eigenvalue weighted by Gasteiger charge is 2.21. The van der Waals surface area contributed by atoms with E-state index >= 15 is 0 Å². The van der Waals surface area contributed by atoms with Gasteiger partial charge in [-0.15, -0.1) is 0 Å². The van der Waals surface area contributed by atoms with Crippen molar-refractivity contribution < 1.29 is 19.4 Å². The first-order valence-corrected chi connectivity index (χ1v) is 8.39. The van der Waals surface area contributed by atoms with Gasteiger partial charge in [0, 0.05) is 12.3 Å². The molecule has 25 heavy (non-hydrogen) atoms. The van der Waals surface area contributed by atoms with E-state index in [0.717, 1.165) is 18.1 Å². The molecule has 3 rings (SSSR count). The molecule has 0 radical (unpaired) electrons. The van der Waals surface area contributed by atoms with Gasteiger partial charge in [0.2, 0.25) is 5.91 Å². The molecule has 0 heterocycles. The number of nitrogens with one attached hydrogen (secondary N) is 1. The minimum absolute atomic E-state index is 0.0187. The van der Waals surface area contributed by atoms with Gasteiger partial charge in [0.1, 0.15) is 0 Å². The molecule has 2 aromatic carbocycles. The van der Waals surface area contributed by atoms with Gasteiger partial charge in [-0.05, 0) is 48.1 Å². The SMILES string of the molecule is O=C(Cc1ccccc1C(=O)O)Nc1cccc(COCC2CC2)c1. The molecular weight excluding hydrogens is 318 g/mol. The number of anilines is 1. The molecule has 1 aliphatic carbocycles. The van der Waals surface area contributed by atoms with Gasteiger partial charge in [0.15, 0.2) is 0 Å². The fourth-order valence-electron chi connectivity index (χ4n) is 2.63. The van der Waals surface area contributed by atoms with Crippen LogP contribution in [0.3, 0.4) is 0 Å². The van der Waals surface area contributed by atoms with Gasteiger partial charge in [-0.1, -0.05) is 30.3 Å². The summed E-state index contributed by atoms with van der Waals surface area (Å²) in [6.45, 7) is 1.32. The van der Waals surface area contributed by atoms with Crippen molar-refractivity contribution in [1.82, 2.24) is 0 Å². The Kier molecular flexibility index (Phi) is 5.46. The third kappa shape index (κ3) is 5.16. The first-order valence-electron chi connectivity index (χ1n) is 8.39. The molecule has 130 valence electrons. The van der Waals surface area contributed by atoms with E-state index in [1.165, 1.54) is 18.9 Å². The molecule has 0 aromatic heterocycles. The average Bonchev–Trinajstić information content (AvgIpc) is 3.40. The number of aromatic carboxylic acids is 1. The largest absolute Gasteiger partial charge is 0.478 e. The predicted octanol–water partition coefficient (Wildman–Crippen LogP) is 3.49. The lowest BCUT2D eigenvalue weighted by Crippen LogP contribution is -2.16. The number of carboxylic acids is 1. The van der Waals surface area contributed by atoms with Gasteiger partial charge in [0.05, 0.1) is 18.6 Å². The summed E-state index contributed by atoms with van der Waals surface area (Å²) >= 11 is 0. The van der Waals surface area contributed by atoms with Crippen LogP contribution >= 0.6 is 0 Å². The molecule has 2 aromatic rings. The molecule has 1 fully saturated rings. The van der Waals surface area contributed by atoms with Crippen molar-refractivity contribution in [2.75, 3.05) is 11.9 Å². The van der Waals surface area contributed by atoms with Crippen molar-refractivity contribution >= 4 is 17.6 Å². The van der Waals surface area contributed by atoms with Gasteiger partial charge in [-0.2, -0.15) is 0 Å². The van der Waals surface area contributed by atoms with Crippen LogP contribution in [-0.4, -0.2) is 23.6 Å². The highest BCUT2D eigenvalue weighted by Crippen LogP contribution is 2.29. The van der Waals surface area contributed by atoms with Crippen LogP contribution in [0.25, 0.3) is 0 Å². The summed E-state index contributed by atoms with van der Waals surface area (Å²) in [6, 6.07) is 14.1. The molecule has 2 N–H and O–H groups in total. The van der Waals surface area contributed by atoms with E-state index in [1.54, 1.807) is 18.2 Å².